The minimum absolute atomic E-state index is 0.289. The number of hydrogen-bond acceptors (Lipinski definition) is 3. The Bertz CT molecular complexity index is 577. The minimum atomic E-state index is -0.918. The van der Waals surface area contributed by atoms with Crippen molar-refractivity contribution in [2.45, 2.75) is 13.5 Å². The predicted molar refractivity (Wildman–Crippen MR) is 71.9 cm³/mol. The molecule has 1 aromatic heterocycles. The molecule has 0 saturated carbocycles. The topological polar surface area (TPSA) is 62.5 Å². The zero-order chi connectivity index (χ0) is 13.1. The van der Waals surface area contributed by atoms with Crippen LogP contribution in [0.4, 0.5) is 5.69 Å². The summed E-state index contributed by atoms with van der Waals surface area (Å²) in [6.45, 7) is 2.41. The molecule has 1 heterocycles. The molecule has 0 saturated heterocycles. The highest BCUT2D eigenvalue weighted by Crippen LogP contribution is 2.21. The van der Waals surface area contributed by atoms with Crippen LogP contribution in [0.15, 0.2) is 39.4 Å². The van der Waals surface area contributed by atoms with Gasteiger partial charge in [-0.15, -0.1) is 0 Å². The molecular weight excluding hydrogens is 298 g/mol. The Morgan fingerprint density at radius 2 is 2.22 bits per heavy atom. The summed E-state index contributed by atoms with van der Waals surface area (Å²) in [6, 6.07) is 6.81. The molecule has 0 radical (unpaired) electrons. The third-order valence-electron chi connectivity index (χ3n) is 2.60. The molecular formula is C13H12BrNO3. The summed E-state index contributed by atoms with van der Waals surface area (Å²) >= 11 is 3.38. The van der Waals surface area contributed by atoms with Gasteiger partial charge in [0.05, 0.1) is 22.8 Å². The molecule has 2 rings (SSSR count). The van der Waals surface area contributed by atoms with Crippen molar-refractivity contribution >= 4 is 27.6 Å². The lowest BCUT2D eigenvalue weighted by Gasteiger charge is -2.09. The van der Waals surface area contributed by atoms with E-state index in [-0.39, 0.29) is 5.56 Å². The van der Waals surface area contributed by atoms with Crippen molar-refractivity contribution in [2.24, 2.45) is 0 Å². The number of aryl methyl sites for hydroxylation is 1. The quantitative estimate of drug-likeness (QED) is 0.904. The fraction of sp³-hybridized carbons (Fsp3) is 0.154. The molecule has 94 valence electrons. The Morgan fingerprint density at radius 1 is 1.44 bits per heavy atom. The molecule has 0 amide bonds. The summed E-state index contributed by atoms with van der Waals surface area (Å²) in [5.41, 5.74) is 2.07. The van der Waals surface area contributed by atoms with Crippen LogP contribution in [0.2, 0.25) is 0 Å². The number of carboxylic acid groups (broad SMARTS) is 1. The second-order valence-electron chi connectivity index (χ2n) is 3.88. The molecule has 5 heteroatoms. The first-order chi connectivity index (χ1) is 8.58. The minimum Gasteiger partial charge on any atom is -0.478 e. The van der Waals surface area contributed by atoms with Crippen LogP contribution in [0.5, 0.6) is 0 Å². The summed E-state index contributed by atoms with van der Waals surface area (Å²) < 4.78 is 6.20. The Labute approximate surface area is 113 Å². The predicted octanol–water partition coefficient (Wildman–Crippen LogP) is 3.66. The normalized spacial score (nSPS) is 10.3. The van der Waals surface area contributed by atoms with E-state index in [0.29, 0.717) is 6.54 Å². The number of benzene rings is 1. The van der Waals surface area contributed by atoms with Crippen LogP contribution in [0.25, 0.3) is 0 Å². The first kappa shape index (κ1) is 12.7. The Kier molecular flexibility index (Phi) is 3.72. The van der Waals surface area contributed by atoms with Crippen molar-refractivity contribution in [2.75, 3.05) is 5.32 Å². The lowest BCUT2D eigenvalue weighted by molar-refractivity contribution is 0.0697. The number of rotatable bonds is 4. The number of furan rings is 1. The monoisotopic (exact) mass is 309 g/mol. The standard InChI is InChI=1S/C13H12BrNO3/c1-8-6-9(13(16)17)2-3-11(8)15-7-12-10(14)4-5-18-12/h2-6,15H,7H2,1H3,(H,16,17). The second kappa shape index (κ2) is 5.27. The van der Waals surface area contributed by atoms with Crippen molar-refractivity contribution in [3.8, 4) is 0 Å². The maximum absolute atomic E-state index is 10.8. The molecule has 0 aliphatic carbocycles. The molecule has 0 unspecified atom stereocenters. The van der Waals surface area contributed by atoms with Crippen LogP contribution in [0, 0.1) is 6.92 Å². The maximum Gasteiger partial charge on any atom is 0.335 e. The highest BCUT2D eigenvalue weighted by Gasteiger charge is 2.07. The van der Waals surface area contributed by atoms with Gasteiger partial charge in [0.2, 0.25) is 0 Å². The molecule has 4 nitrogen and oxygen atoms in total. The first-order valence-electron chi connectivity index (χ1n) is 5.37. The number of hydrogen-bond donors (Lipinski definition) is 2. The van der Waals surface area contributed by atoms with E-state index in [9.17, 15) is 4.79 Å². The highest BCUT2D eigenvalue weighted by atomic mass is 79.9. The van der Waals surface area contributed by atoms with Crippen LogP contribution in [0.1, 0.15) is 21.7 Å². The van der Waals surface area contributed by atoms with Gasteiger partial charge in [-0.05, 0) is 52.7 Å². The lowest BCUT2D eigenvalue weighted by Crippen LogP contribution is -2.03. The van der Waals surface area contributed by atoms with Gasteiger partial charge >= 0.3 is 5.97 Å². The number of aromatic carboxylic acids is 1. The number of carbonyl (C=O) groups is 1. The summed E-state index contributed by atoms with van der Waals surface area (Å²) in [5.74, 6) is -0.116. The largest absolute Gasteiger partial charge is 0.478 e. The van der Waals surface area contributed by atoms with Gasteiger partial charge in [-0.25, -0.2) is 4.79 Å². The molecule has 0 aliphatic rings. The van der Waals surface area contributed by atoms with Gasteiger partial charge in [0.25, 0.3) is 0 Å². The van der Waals surface area contributed by atoms with E-state index in [1.165, 1.54) is 0 Å². The van der Waals surface area contributed by atoms with E-state index >= 15 is 0 Å². The number of nitrogens with one attached hydrogen (secondary N) is 1. The number of halogens is 1. The number of carboxylic acids is 1. The van der Waals surface area contributed by atoms with Crippen LogP contribution >= 0.6 is 15.9 Å². The smallest absolute Gasteiger partial charge is 0.335 e. The number of anilines is 1. The first-order valence-corrected chi connectivity index (χ1v) is 6.17. The molecule has 2 aromatic rings. The van der Waals surface area contributed by atoms with Gasteiger partial charge < -0.3 is 14.8 Å². The van der Waals surface area contributed by atoms with Crippen LogP contribution in [-0.4, -0.2) is 11.1 Å². The van der Waals surface area contributed by atoms with Gasteiger partial charge in [0.15, 0.2) is 0 Å². The van der Waals surface area contributed by atoms with Crippen LogP contribution in [-0.2, 0) is 6.54 Å². The molecule has 0 spiro atoms. The van der Waals surface area contributed by atoms with E-state index in [2.05, 4.69) is 21.2 Å². The Balaban J connectivity index is 2.11. The third-order valence-corrected chi connectivity index (χ3v) is 3.31. The average Bonchev–Trinajstić information content (AvgIpc) is 2.73. The van der Waals surface area contributed by atoms with Crippen LogP contribution < -0.4 is 5.32 Å². The molecule has 18 heavy (non-hydrogen) atoms. The average molecular weight is 310 g/mol. The summed E-state index contributed by atoms with van der Waals surface area (Å²) in [5, 5.41) is 12.1. The highest BCUT2D eigenvalue weighted by molar-refractivity contribution is 9.10. The van der Waals surface area contributed by atoms with E-state index in [1.54, 1.807) is 24.5 Å². The Hall–Kier alpha value is -1.75. The van der Waals surface area contributed by atoms with E-state index in [4.69, 9.17) is 9.52 Å². The van der Waals surface area contributed by atoms with E-state index in [1.807, 2.05) is 13.0 Å². The van der Waals surface area contributed by atoms with Gasteiger partial charge in [0.1, 0.15) is 5.76 Å². The molecule has 0 bridgehead atoms. The fourth-order valence-corrected chi connectivity index (χ4v) is 1.96. The van der Waals surface area contributed by atoms with E-state index < -0.39 is 5.97 Å². The summed E-state index contributed by atoms with van der Waals surface area (Å²) in [6.07, 6.45) is 1.61. The van der Waals surface area contributed by atoms with Crippen molar-refractivity contribution in [1.82, 2.24) is 0 Å². The lowest BCUT2D eigenvalue weighted by atomic mass is 10.1. The van der Waals surface area contributed by atoms with Gasteiger partial charge in [-0.1, -0.05) is 0 Å². The fourth-order valence-electron chi connectivity index (χ4n) is 1.62. The Morgan fingerprint density at radius 3 is 2.78 bits per heavy atom. The summed E-state index contributed by atoms with van der Waals surface area (Å²) in [4.78, 5) is 10.8. The van der Waals surface area contributed by atoms with Gasteiger partial charge in [-0.2, -0.15) is 0 Å². The molecule has 1 aromatic carbocycles. The third kappa shape index (κ3) is 2.73. The maximum atomic E-state index is 10.8. The van der Waals surface area contributed by atoms with E-state index in [0.717, 1.165) is 21.5 Å². The van der Waals surface area contributed by atoms with Gasteiger partial charge in [0, 0.05) is 5.69 Å². The van der Waals surface area contributed by atoms with Crippen molar-refractivity contribution in [3.63, 3.8) is 0 Å². The van der Waals surface area contributed by atoms with Crippen LogP contribution in [0.3, 0.4) is 0 Å². The molecule has 0 atom stereocenters. The SMILES string of the molecule is Cc1cc(C(=O)O)ccc1NCc1occc1Br. The van der Waals surface area contributed by atoms with Crippen molar-refractivity contribution < 1.29 is 14.3 Å². The molecule has 0 aliphatic heterocycles. The second-order valence-corrected chi connectivity index (χ2v) is 4.73. The van der Waals surface area contributed by atoms with Crippen molar-refractivity contribution in [3.05, 3.63) is 51.9 Å². The summed E-state index contributed by atoms with van der Waals surface area (Å²) in [7, 11) is 0. The van der Waals surface area contributed by atoms with Crippen molar-refractivity contribution in [1.29, 1.82) is 0 Å². The zero-order valence-electron chi connectivity index (χ0n) is 9.74. The molecule has 0 fully saturated rings. The van der Waals surface area contributed by atoms with Gasteiger partial charge in [-0.3, -0.25) is 0 Å². The zero-order valence-corrected chi connectivity index (χ0v) is 11.3. The molecule has 2 N–H and O–H groups in total.